The molecule has 0 aliphatic rings. The second kappa shape index (κ2) is 5.83. The third-order valence-electron chi connectivity index (χ3n) is 2.62. The molecule has 0 amide bonds. The van der Waals surface area contributed by atoms with Crippen molar-refractivity contribution in [2.24, 2.45) is 4.99 Å². The van der Waals surface area contributed by atoms with Gasteiger partial charge in [-0.05, 0) is 25.5 Å². The van der Waals surface area contributed by atoms with Crippen LogP contribution in [0.2, 0.25) is 0 Å². The number of nitriles is 1. The molecule has 1 aromatic carbocycles. The highest BCUT2D eigenvalue weighted by atomic mass is 16.5. The molecule has 0 spiro atoms. The molecule has 5 nitrogen and oxygen atoms in total. The molecule has 1 heterocycles. The quantitative estimate of drug-likeness (QED) is 0.622. The van der Waals surface area contributed by atoms with Crippen molar-refractivity contribution in [2.75, 3.05) is 6.61 Å². The SMILES string of the molecule is CCO/C=N/c1c(C#N)cnn1-c1ccccc1C. The molecule has 0 N–H and O–H groups in total. The molecule has 5 heteroatoms. The van der Waals surface area contributed by atoms with Gasteiger partial charge in [-0.2, -0.15) is 15.4 Å². The predicted molar refractivity (Wildman–Crippen MR) is 72.8 cm³/mol. The maximum Gasteiger partial charge on any atom is 0.176 e. The lowest BCUT2D eigenvalue weighted by molar-refractivity contribution is 0.343. The first-order valence-corrected chi connectivity index (χ1v) is 5.96. The topological polar surface area (TPSA) is 63.2 Å². The minimum atomic E-state index is 0.416. The molecular formula is C14H14N4O. The highest BCUT2D eigenvalue weighted by Crippen LogP contribution is 2.24. The number of benzene rings is 1. The number of hydrogen-bond donors (Lipinski definition) is 0. The Kier molecular flexibility index (Phi) is 3.94. The van der Waals surface area contributed by atoms with E-state index >= 15 is 0 Å². The average Bonchev–Trinajstić information content (AvgIpc) is 2.82. The molecule has 0 bridgehead atoms. The summed E-state index contributed by atoms with van der Waals surface area (Å²) in [7, 11) is 0. The Balaban J connectivity index is 2.50. The molecule has 0 aliphatic carbocycles. The Bertz CT molecular complexity index is 637. The van der Waals surface area contributed by atoms with E-state index in [-0.39, 0.29) is 0 Å². The van der Waals surface area contributed by atoms with Crippen molar-refractivity contribution in [3.8, 4) is 11.8 Å². The van der Waals surface area contributed by atoms with Gasteiger partial charge in [0.2, 0.25) is 0 Å². The number of aromatic nitrogens is 2. The standard InChI is InChI=1S/C14H14N4O/c1-3-19-10-16-14-12(8-15)9-17-18(14)13-7-5-4-6-11(13)2/h4-7,9-10H,3H2,1-2H3/b16-10+. The minimum Gasteiger partial charge on any atom is -0.483 e. The molecule has 0 unspecified atom stereocenters. The monoisotopic (exact) mass is 254 g/mol. The summed E-state index contributed by atoms with van der Waals surface area (Å²) >= 11 is 0. The van der Waals surface area contributed by atoms with Crippen molar-refractivity contribution >= 4 is 12.2 Å². The van der Waals surface area contributed by atoms with Crippen molar-refractivity contribution in [3.63, 3.8) is 0 Å². The second-order valence-electron chi connectivity index (χ2n) is 3.88. The maximum absolute atomic E-state index is 9.09. The normalized spacial score (nSPS) is 10.6. The Morgan fingerprint density at radius 3 is 2.95 bits per heavy atom. The number of rotatable bonds is 4. The van der Waals surface area contributed by atoms with Gasteiger partial charge in [0, 0.05) is 0 Å². The van der Waals surface area contributed by atoms with Crippen LogP contribution in [-0.4, -0.2) is 22.8 Å². The number of hydrogen-bond acceptors (Lipinski definition) is 4. The Morgan fingerprint density at radius 1 is 1.47 bits per heavy atom. The zero-order valence-electron chi connectivity index (χ0n) is 10.9. The van der Waals surface area contributed by atoms with Crippen LogP contribution in [0.4, 0.5) is 5.82 Å². The lowest BCUT2D eigenvalue weighted by Crippen LogP contribution is -1.98. The van der Waals surface area contributed by atoms with Gasteiger partial charge in [-0.25, -0.2) is 4.68 Å². The zero-order valence-corrected chi connectivity index (χ0v) is 10.9. The number of para-hydroxylation sites is 1. The summed E-state index contributed by atoms with van der Waals surface area (Å²) < 4.78 is 6.73. The van der Waals surface area contributed by atoms with Crippen LogP contribution in [0.25, 0.3) is 5.69 Å². The fourth-order valence-electron chi connectivity index (χ4n) is 1.68. The van der Waals surface area contributed by atoms with Crippen molar-refractivity contribution in [2.45, 2.75) is 13.8 Å². The molecule has 2 aromatic rings. The number of aliphatic imine (C=N–C) groups is 1. The van der Waals surface area contributed by atoms with Gasteiger partial charge in [-0.1, -0.05) is 18.2 Å². The fourth-order valence-corrected chi connectivity index (χ4v) is 1.68. The van der Waals surface area contributed by atoms with E-state index in [2.05, 4.69) is 16.2 Å². The molecule has 2 rings (SSSR count). The van der Waals surface area contributed by atoms with E-state index in [1.165, 1.54) is 12.6 Å². The van der Waals surface area contributed by atoms with Crippen molar-refractivity contribution in [1.29, 1.82) is 5.26 Å². The van der Waals surface area contributed by atoms with Crippen molar-refractivity contribution < 1.29 is 4.74 Å². The lowest BCUT2D eigenvalue weighted by atomic mass is 10.2. The number of ether oxygens (including phenoxy) is 1. The highest BCUT2D eigenvalue weighted by Gasteiger charge is 2.12. The van der Waals surface area contributed by atoms with E-state index in [0.717, 1.165) is 11.3 Å². The number of aryl methyl sites for hydroxylation is 1. The molecule has 0 fully saturated rings. The molecule has 19 heavy (non-hydrogen) atoms. The van der Waals surface area contributed by atoms with Gasteiger partial charge >= 0.3 is 0 Å². The summed E-state index contributed by atoms with van der Waals surface area (Å²) in [6, 6.07) is 9.88. The molecule has 1 aromatic heterocycles. The minimum absolute atomic E-state index is 0.416. The first-order chi connectivity index (χ1) is 9.27. The van der Waals surface area contributed by atoms with E-state index in [1.807, 2.05) is 38.1 Å². The van der Waals surface area contributed by atoms with Crippen molar-refractivity contribution in [3.05, 3.63) is 41.6 Å². The average molecular weight is 254 g/mol. The van der Waals surface area contributed by atoms with E-state index in [0.29, 0.717) is 18.0 Å². The molecule has 0 radical (unpaired) electrons. The first-order valence-electron chi connectivity index (χ1n) is 5.96. The van der Waals surface area contributed by atoms with Gasteiger partial charge in [0.1, 0.15) is 11.6 Å². The first kappa shape index (κ1) is 12.8. The molecular weight excluding hydrogens is 240 g/mol. The van der Waals surface area contributed by atoms with Crippen LogP contribution in [0, 0.1) is 18.3 Å². The van der Waals surface area contributed by atoms with Crippen LogP contribution >= 0.6 is 0 Å². The summed E-state index contributed by atoms with van der Waals surface area (Å²) in [4.78, 5) is 4.17. The van der Waals surface area contributed by atoms with Gasteiger partial charge < -0.3 is 4.74 Å². The van der Waals surface area contributed by atoms with E-state index in [1.54, 1.807) is 4.68 Å². The van der Waals surface area contributed by atoms with E-state index in [9.17, 15) is 0 Å². The van der Waals surface area contributed by atoms with Gasteiger partial charge in [0.05, 0.1) is 18.5 Å². The summed E-state index contributed by atoms with van der Waals surface area (Å²) in [5, 5.41) is 13.3. The van der Waals surface area contributed by atoms with E-state index in [4.69, 9.17) is 10.00 Å². The molecule has 0 atom stereocenters. The van der Waals surface area contributed by atoms with Gasteiger partial charge in [0.15, 0.2) is 12.2 Å². The van der Waals surface area contributed by atoms with Gasteiger partial charge in [-0.15, -0.1) is 0 Å². The van der Waals surface area contributed by atoms with Crippen LogP contribution in [0.5, 0.6) is 0 Å². The fraction of sp³-hybridized carbons (Fsp3) is 0.214. The van der Waals surface area contributed by atoms with Crippen LogP contribution in [0.15, 0.2) is 35.5 Å². The second-order valence-corrected chi connectivity index (χ2v) is 3.88. The van der Waals surface area contributed by atoms with Crippen LogP contribution in [0.1, 0.15) is 18.1 Å². The van der Waals surface area contributed by atoms with Crippen LogP contribution < -0.4 is 0 Å². The maximum atomic E-state index is 9.09. The highest BCUT2D eigenvalue weighted by molar-refractivity contribution is 5.61. The summed E-state index contributed by atoms with van der Waals surface area (Å²) in [5.41, 5.74) is 2.37. The third kappa shape index (κ3) is 2.63. The Labute approximate surface area is 111 Å². The summed E-state index contributed by atoms with van der Waals surface area (Å²) in [6.45, 7) is 4.39. The third-order valence-corrected chi connectivity index (χ3v) is 2.62. The predicted octanol–water partition coefficient (Wildman–Crippen LogP) is 2.75. The van der Waals surface area contributed by atoms with Crippen LogP contribution in [-0.2, 0) is 4.74 Å². The van der Waals surface area contributed by atoms with E-state index < -0.39 is 0 Å². The summed E-state index contributed by atoms with van der Waals surface area (Å²) in [6.07, 6.45) is 2.84. The Hall–Kier alpha value is -2.61. The molecule has 96 valence electrons. The molecule has 0 saturated carbocycles. The molecule has 0 saturated heterocycles. The van der Waals surface area contributed by atoms with Crippen molar-refractivity contribution in [1.82, 2.24) is 9.78 Å². The van der Waals surface area contributed by atoms with Crippen LogP contribution in [0.3, 0.4) is 0 Å². The van der Waals surface area contributed by atoms with Gasteiger partial charge in [-0.3, -0.25) is 0 Å². The smallest absolute Gasteiger partial charge is 0.176 e. The Morgan fingerprint density at radius 2 is 2.26 bits per heavy atom. The number of nitrogens with zero attached hydrogens (tertiary/aromatic N) is 4. The lowest BCUT2D eigenvalue weighted by Gasteiger charge is -2.07. The molecule has 0 aliphatic heterocycles. The zero-order chi connectivity index (χ0) is 13.7. The summed E-state index contributed by atoms with van der Waals surface area (Å²) in [5.74, 6) is 0.477. The largest absolute Gasteiger partial charge is 0.483 e. The van der Waals surface area contributed by atoms with Gasteiger partial charge in [0.25, 0.3) is 0 Å².